The Balaban J connectivity index is 1.34. The van der Waals surface area contributed by atoms with Crippen LogP contribution < -0.4 is 4.74 Å². The van der Waals surface area contributed by atoms with Gasteiger partial charge in [-0.15, -0.1) is 0 Å². The van der Waals surface area contributed by atoms with E-state index in [9.17, 15) is 4.79 Å². The Hall–Kier alpha value is -3.23. The average molecular weight is 449 g/mol. The van der Waals surface area contributed by atoms with E-state index in [1.54, 1.807) is 40.4 Å². The number of amides is 1. The van der Waals surface area contributed by atoms with E-state index in [1.165, 1.54) is 0 Å². The van der Waals surface area contributed by atoms with Gasteiger partial charge in [0, 0.05) is 38.2 Å². The van der Waals surface area contributed by atoms with Gasteiger partial charge in [-0.3, -0.25) is 4.79 Å². The van der Waals surface area contributed by atoms with Crippen LogP contribution >= 0.6 is 11.3 Å². The van der Waals surface area contributed by atoms with Gasteiger partial charge in [0.2, 0.25) is 0 Å². The van der Waals surface area contributed by atoms with Crippen LogP contribution in [-0.2, 0) is 17.9 Å². The molecule has 1 aromatic carbocycles. The summed E-state index contributed by atoms with van der Waals surface area (Å²) in [6, 6.07) is 13.5. The summed E-state index contributed by atoms with van der Waals surface area (Å²) in [5, 5.41) is 8.54. The van der Waals surface area contributed by atoms with Gasteiger partial charge in [-0.25, -0.2) is 9.50 Å². The highest BCUT2D eigenvalue weighted by atomic mass is 32.1. The van der Waals surface area contributed by atoms with Crippen LogP contribution in [0.3, 0.4) is 0 Å². The molecule has 0 spiro atoms. The van der Waals surface area contributed by atoms with Crippen molar-refractivity contribution in [2.24, 2.45) is 0 Å². The van der Waals surface area contributed by atoms with E-state index in [4.69, 9.17) is 9.47 Å². The van der Waals surface area contributed by atoms with Crippen molar-refractivity contribution in [3.8, 4) is 5.75 Å². The van der Waals surface area contributed by atoms with Crippen molar-refractivity contribution < 1.29 is 14.3 Å². The van der Waals surface area contributed by atoms with Gasteiger partial charge in [0.1, 0.15) is 12.4 Å². The molecule has 32 heavy (non-hydrogen) atoms. The molecule has 0 bridgehead atoms. The van der Waals surface area contributed by atoms with Crippen LogP contribution in [0.4, 0.5) is 0 Å². The SMILES string of the molecule is O=C(c1cc2ncccn2n1)N(Cc1cccc(OCc2ccsc2)c1)CC1CCCO1. The second kappa shape index (κ2) is 9.50. The smallest absolute Gasteiger partial charge is 0.274 e. The molecule has 1 aliphatic rings. The van der Waals surface area contributed by atoms with Crippen molar-refractivity contribution in [1.82, 2.24) is 19.5 Å². The number of fused-ring (bicyclic) bond motifs is 1. The highest BCUT2D eigenvalue weighted by Crippen LogP contribution is 2.21. The lowest BCUT2D eigenvalue weighted by Crippen LogP contribution is -2.37. The van der Waals surface area contributed by atoms with Gasteiger partial charge in [0.25, 0.3) is 5.91 Å². The fourth-order valence-electron chi connectivity index (χ4n) is 3.85. The number of carbonyl (C=O) groups excluding carboxylic acids is 1. The molecule has 8 heteroatoms. The van der Waals surface area contributed by atoms with Gasteiger partial charge in [-0.1, -0.05) is 12.1 Å². The number of hydrogen-bond donors (Lipinski definition) is 0. The second-order valence-electron chi connectivity index (χ2n) is 7.84. The molecule has 3 aromatic heterocycles. The third-order valence-corrected chi connectivity index (χ3v) is 6.18. The summed E-state index contributed by atoms with van der Waals surface area (Å²) < 4.78 is 13.4. The summed E-state index contributed by atoms with van der Waals surface area (Å²) in [4.78, 5) is 19.5. The third kappa shape index (κ3) is 4.81. The first-order valence-electron chi connectivity index (χ1n) is 10.7. The molecule has 0 N–H and O–H groups in total. The maximum absolute atomic E-state index is 13.4. The Morgan fingerprint density at radius 1 is 1.25 bits per heavy atom. The third-order valence-electron chi connectivity index (χ3n) is 5.45. The summed E-state index contributed by atoms with van der Waals surface area (Å²) in [5.41, 5.74) is 3.18. The van der Waals surface area contributed by atoms with Crippen LogP contribution in [0.5, 0.6) is 5.75 Å². The Kier molecular flexibility index (Phi) is 6.13. The molecule has 4 heterocycles. The fourth-order valence-corrected chi connectivity index (χ4v) is 4.50. The minimum Gasteiger partial charge on any atom is -0.489 e. The monoisotopic (exact) mass is 448 g/mol. The van der Waals surface area contributed by atoms with Gasteiger partial charge in [-0.05, 0) is 59.0 Å². The zero-order chi connectivity index (χ0) is 21.8. The van der Waals surface area contributed by atoms with E-state index >= 15 is 0 Å². The Morgan fingerprint density at radius 2 is 2.22 bits per heavy atom. The molecule has 1 aliphatic heterocycles. The number of carbonyl (C=O) groups is 1. The quantitative estimate of drug-likeness (QED) is 0.404. The molecule has 0 aliphatic carbocycles. The Bertz CT molecular complexity index is 1150. The number of nitrogens with zero attached hydrogens (tertiary/aromatic N) is 4. The fraction of sp³-hybridized carbons (Fsp3) is 0.292. The van der Waals surface area contributed by atoms with Gasteiger partial charge in [-0.2, -0.15) is 16.4 Å². The first-order valence-corrected chi connectivity index (χ1v) is 11.6. The standard InChI is InChI=1S/C24H24N4O3S/c29-24(22-13-23-25-8-3-9-28(23)26-22)27(15-21-6-2-10-30-21)14-18-4-1-5-20(12-18)31-16-19-7-11-32-17-19/h1,3-5,7-9,11-13,17,21H,2,6,10,14-16H2. The average Bonchev–Trinajstić information content (AvgIpc) is 3.59. The predicted octanol–water partition coefficient (Wildman–Crippen LogP) is 4.19. The molecule has 164 valence electrons. The first-order chi connectivity index (χ1) is 15.7. The number of benzene rings is 1. The Morgan fingerprint density at radius 3 is 3.03 bits per heavy atom. The van der Waals surface area contributed by atoms with Crippen LogP contribution in [0, 0.1) is 0 Å². The minimum absolute atomic E-state index is 0.0483. The number of aromatic nitrogens is 3. The second-order valence-corrected chi connectivity index (χ2v) is 8.62. The largest absolute Gasteiger partial charge is 0.489 e. The minimum atomic E-state index is -0.129. The predicted molar refractivity (Wildman–Crippen MR) is 122 cm³/mol. The van der Waals surface area contributed by atoms with Crippen LogP contribution in [0.15, 0.2) is 65.6 Å². The van der Waals surface area contributed by atoms with E-state index in [0.29, 0.717) is 31.0 Å². The zero-order valence-corrected chi connectivity index (χ0v) is 18.4. The molecular weight excluding hydrogens is 424 g/mol. The van der Waals surface area contributed by atoms with Crippen molar-refractivity contribution >= 4 is 22.9 Å². The molecule has 1 atom stereocenters. The molecule has 7 nitrogen and oxygen atoms in total. The summed E-state index contributed by atoms with van der Waals surface area (Å²) >= 11 is 1.66. The molecule has 1 amide bonds. The number of rotatable bonds is 8. The maximum Gasteiger partial charge on any atom is 0.274 e. The topological polar surface area (TPSA) is 69.0 Å². The highest BCUT2D eigenvalue weighted by molar-refractivity contribution is 7.07. The lowest BCUT2D eigenvalue weighted by Gasteiger charge is -2.25. The van der Waals surface area contributed by atoms with Crippen molar-refractivity contribution in [3.63, 3.8) is 0 Å². The summed E-state index contributed by atoms with van der Waals surface area (Å²) in [7, 11) is 0. The molecule has 1 saturated heterocycles. The molecule has 1 unspecified atom stereocenters. The van der Waals surface area contributed by atoms with Crippen LogP contribution in [0.1, 0.15) is 34.5 Å². The first kappa shape index (κ1) is 20.7. The van der Waals surface area contributed by atoms with Crippen LogP contribution in [0.2, 0.25) is 0 Å². The van der Waals surface area contributed by atoms with E-state index in [0.717, 1.165) is 36.3 Å². The molecule has 0 radical (unpaired) electrons. The van der Waals surface area contributed by atoms with Gasteiger partial charge >= 0.3 is 0 Å². The molecular formula is C24H24N4O3S. The highest BCUT2D eigenvalue weighted by Gasteiger charge is 2.25. The lowest BCUT2D eigenvalue weighted by atomic mass is 10.1. The summed E-state index contributed by atoms with van der Waals surface area (Å²) in [5.74, 6) is 0.658. The van der Waals surface area contributed by atoms with Crippen molar-refractivity contribution in [3.05, 3.63) is 82.4 Å². The van der Waals surface area contributed by atoms with E-state index < -0.39 is 0 Å². The molecule has 5 rings (SSSR count). The molecule has 4 aromatic rings. The number of ether oxygens (including phenoxy) is 2. The van der Waals surface area contributed by atoms with Gasteiger partial charge in [0.05, 0.1) is 6.10 Å². The van der Waals surface area contributed by atoms with E-state index in [2.05, 4.69) is 21.5 Å². The van der Waals surface area contributed by atoms with Gasteiger partial charge in [0.15, 0.2) is 11.3 Å². The molecule has 0 saturated carbocycles. The van der Waals surface area contributed by atoms with Crippen LogP contribution in [-0.4, -0.2) is 44.7 Å². The normalized spacial score (nSPS) is 15.8. The van der Waals surface area contributed by atoms with E-state index in [1.807, 2.05) is 34.5 Å². The summed E-state index contributed by atoms with van der Waals surface area (Å²) in [6.45, 7) is 2.26. The van der Waals surface area contributed by atoms with Crippen LogP contribution in [0.25, 0.3) is 5.65 Å². The maximum atomic E-state index is 13.4. The Labute approximate surface area is 190 Å². The van der Waals surface area contributed by atoms with Gasteiger partial charge < -0.3 is 14.4 Å². The van der Waals surface area contributed by atoms with E-state index in [-0.39, 0.29) is 12.0 Å². The number of hydrogen-bond acceptors (Lipinski definition) is 6. The van der Waals surface area contributed by atoms with Crippen molar-refractivity contribution in [2.45, 2.75) is 32.1 Å². The number of thiophene rings is 1. The lowest BCUT2D eigenvalue weighted by molar-refractivity contribution is 0.0502. The summed E-state index contributed by atoms with van der Waals surface area (Å²) in [6.07, 6.45) is 5.51. The van der Waals surface area contributed by atoms with Crippen molar-refractivity contribution in [1.29, 1.82) is 0 Å². The van der Waals surface area contributed by atoms with Crippen molar-refractivity contribution in [2.75, 3.05) is 13.2 Å². The molecule has 1 fully saturated rings. The zero-order valence-electron chi connectivity index (χ0n) is 17.6.